The molecule has 0 aliphatic rings. The van der Waals surface area contributed by atoms with Crippen LogP contribution in [-0.4, -0.2) is 31.6 Å². The van der Waals surface area contributed by atoms with Crippen LogP contribution in [0, 0.1) is 11.3 Å². The molecule has 0 aromatic carbocycles. The number of hydrogen-bond acceptors (Lipinski definition) is 4. The Bertz CT molecular complexity index is 286. The molecule has 0 saturated carbocycles. The van der Waals surface area contributed by atoms with Crippen molar-refractivity contribution in [2.45, 2.75) is 46.6 Å². The summed E-state index contributed by atoms with van der Waals surface area (Å²) < 4.78 is 4.71. The molecule has 0 aliphatic heterocycles. The molecule has 0 rings (SSSR count). The molecule has 1 amide bonds. The second-order valence-electron chi connectivity index (χ2n) is 5.30. The number of nitrogens with one attached hydrogen (secondary N) is 1. The lowest BCUT2D eigenvalue weighted by Crippen LogP contribution is -2.50. The highest BCUT2D eigenvalue weighted by molar-refractivity contribution is 5.87. The summed E-state index contributed by atoms with van der Waals surface area (Å²) in [6, 6.07) is -0.597. The van der Waals surface area contributed by atoms with Crippen molar-refractivity contribution < 1.29 is 14.3 Å². The highest BCUT2D eigenvalue weighted by atomic mass is 16.5. The molecule has 106 valence electrons. The molecule has 0 aromatic rings. The van der Waals surface area contributed by atoms with Crippen LogP contribution >= 0.6 is 0 Å². The first kappa shape index (κ1) is 16.9. The topological polar surface area (TPSA) is 81.4 Å². The molecule has 3 N–H and O–H groups in total. The highest BCUT2D eigenvalue weighted by Gasteiger charge is 2.33. The Labute approximate surface area is 109 Å². The van der Waals surface area contributed by atoms with Gasteiger partial charge in [0.1, 0.15) is 6.04 Å². The van der Waals surface area contributed by atoms with E-state index in [9.17, 15) is 9.59 Å². The van der Waals surface area contributed by atoms with Gasteiger partial charge in [-0.2, -0.15) is 0 Å². The van der Waals surface area contributed by atoms with Crippen LogP contribution in [0.4, 0.5) is 0 Å². The summed E-state index contributed by atoms with van der Waals surface area (Å²) in [6.07, 6.45) is 1.19. The van der Waals surface area contributed by atoms with Crippen LogP contribution in [0.5, 0.6) is 0 Å². The maximum atomic E-state index is 12.1. The monoisotopic (exact) mass is 258 g/mol. The van der Waals surface area contributed by atoms with Crippen molar-refractivity contribution in [3.63, 3.8) is 0 Å². The molecule has 18 heavy (non-hydrogen) atoms. The van der Waals surface area contributed by atoms with Crippen LogP contribution in [-0.2, 0) is 14.3 Å². The van der Waals surface area contributed by atoms with E-state index in [1.807, 2.05) is 20.8 Å². The lowest BCUT2D eigenvalue weighted by Gasteiger charge is -2.28. The number of rotatable bonds is 7. The van der Waals surface area contributed by atoms with Crippen molar-refractivity contribution in [1.82, 2.24) is 5.32 Å². The van der Waals surface area contributed by atoms with Gasteiger partial charge in [-0.05, 0) is 25.7 Å². The average molecular weight is 258 g/mol. The van der Waals surface area contributed by atoms with Gasteiger partial charge in [-0.1, -0.05) is 20.8 Å². The van der Waals surface area contributed by atoms with E-state index in [0.29, 0.717) is 18.8 Å². The first-order chi connectivity index (χ1) is 8.30. The van der Waals surface area contributed by atoms with E-state index in [-0.39, 0.29) is 12.5 Å². The van der Waals surface area contributed by atoms with Crippen LogP contribution < -0.4 is 11.1 Å². The summed E-state index contributed by atoms with van der Waals surface area (Å²) in [5.74, 6) is -0.309. The van der Waals surface area contributed by atoms with Crippen LogP contribution in [0.15, 0.2) is 0 Å². The zero-order chi connectivity index (χ0) is 14.3. The minimum atomic E-state index is -0.636. The third kappa shape index (κ3) is 4.64. The number of methoxy groups -OCH3 is 1. The Kier molecular flexibility index (Phi) is 6.91. The fourth-order valence-electron chi connectivity index (χ4n) is 1.56. The third-order valence-corrected chi connectivity index (χ3v) is 3.28. The normalized spacial score (nSPS) is 15.9. The number of carbonyl (C=O) groups is 2. The van der Waals surface area contributed by atoms with E-state index in [2.05, 4.69) is 5.32 Å². The van der Waals surface area contributed by atoms with E-state index in [1.54, 1.807) is 6.92 Å². The van der Waals surface area contributed by atoms with Gasteiger partial charge in [0.25, 0.3) is 0 Å². The fourth-order valence-corrected chi connectivity index (χ4v) is 1.56. The van der Waals surface area contributed by atoms with E-state index in [0.717, 1.165) is 0 Å². The Morgan fingerprint density at radius 3 is 2.28 bits per heavy atom. The summed E-state index contributed by atoms with van der Waals surface area (Å²) in [5.41, 5.74) is 4.99. The van der Waals surface area contributed by atoms with Crippen LogP contribution in [0.1, 0.15) is 40.5 Å². The number of esters is 1. The van der Waals surface area contributed by atoms with Crippen molar-refractivity contribution in [3.05, 3.63) is 0 Å². The summed E-state index contributed by atoms with van der Waals surface area (Å²) in [6.45, 7) is 7.94. The maximum absolute atomic E-state index is 12.1. The van der Waals surface area contributed by atoms with Crippen LogP contribution in [0.3, 0.4) is 0 Å². The molecule has 0 radical (unpaired) electrons. The molecule has 0 saturated heterocycles. The molecule has 0 fully saturated rings. The van der Waals surface area contributed by atoms with Gasteiger partial charge < -0.3 is 15.8 Å². The van der Waals surface area contributed by atoms with Gasteiger partial charge in [0, 0.05) is 6.54 Å². The van der Waals surface area contributed by atoms with Crippen LogP contribution in [0.2, 0.25) is 0 Å². The second kappa shape index (κ2) is 7.36. The summed E-state index contributed by atoms with van der Waals surface area (Å²) in [5, 5.41) is 2.75. The van der Waals surface area contributed by atoms with Crippen molar-refractivity contribution >= 4 is 11.9 Å². The van der Waals surface area contributed by atoms with Crippen molar-refractivity contribution in [1.29, 1.82) is 0 Å². The lowest BCUT2D eigenvalue weighted by atomic mass is 9.86. The molecular formula is C13H26N2O3. The zero-order valence-electron chi connectivity index (χ0n) is 12.1. The molecule has 5 nitrogen and oxygen atoms in total. The van der Waals surface area contributed by atoms with Crippen molar-refractivity contribution in [2.24, 2.45) is 17.1 Å². The first-order valence-electron chi connectivity index (χ1n) is 6.39. The smallest absolute Gasteiger partial charge is 0.328 e. The summed E-state index contributed by atoms with van der Waals surface area (Å²) in [7, 11) is 1.32. The predicted octanol–water partition coefficient (Wildman–Crippen LogP) is 1.07. The van der Waals surface area contributed by atoms with Gasteiger partial charge in [-0.15, -0.1) is 0 Å². The van der Waals surface area contributed by atoms with E-state index < -0.39 is 17.4 Å². The third-order valence-electron chi connectivity index (χ3n) is 3.28. The summed E-state index contributed by atoms with van der Waals surface area (Å²) >= 11 is 0. The average Bonchev–Trinajstić information content (AvgIpc) is 2.35. The van der Waals surface area contributed by atoms with Gasteiger partial charge in [-0.3, -0.25) is 4.79 Å². The Hall–Kier alpha value is -1.10. The number of nitrogens with two attached hydrogens (primary N) is 1. The minimum Gasteiger partial charge on any atom is -0.467 e. The minimum absolute atomic E-state index is 0.191. The molecule has 0 spiro atoms. The van der Waals surface area contributed by atoms with Gasteiger partial charge in [0.2, 0.25) is 5.91 Å². The Morgan fingerprint density at radius 1 is 1.39 bits per heavy atom. The molecule has 0 bridgehead atoms. The first-order valence-corrected chi connectivity index (χ1v) is 6.39. The van der Waals surface area contributed by atoms with Gasteiger partial charge in [-0.25, -0.2) is 4.79 Å². The van der Waals surface area contributed by atoms with E-state index in [1.165, 1.54) is 7.11 Å². The predicted molar refractivity (Wildman–Crippen MR) is 70.9 cm³/mol. The Morgan fingerprint density at radius 2 is 1.94 bits per heavy atom. The van der Waals surface area contributed by atoms with E-state index >= 15 is 0 Å². The van der Waals surface area contributed by atoms with Crippen molar-refractivity contribution in [2.75, 3.05) is 13.7 Å². The zero-order valence-corrected chi connectivity index (χ0v) is 12.1. The molecule has 0 heterocycles. The quantitative estimate of drug-likeness (QED) is 0.669. The molecule has 2 unspecified atom stereocenters. The van der Waals surface area contributed by atoms with E-state index in [4.69, 9.17) is 10.5 Å². The molecule has 0 aliphatic carbocycles. The maximum Gasteiger partial charge on any atom is 0.328 e. The number of hydrogen-bond donors (Lipinski definition) is 2. The lowest BCUT2D eigenvalue weighted by molar-refractivity contribution is -0.147. The molecule has 5 heteroatoms. The molecule has 0 aromatic heterocycles. The van der Waals surface area contributed by atoms with Crippen LogP contribution in [0.25, 0.3) is 0 Å². The van der Waals surface area contributed by atoms with Crippen molar-refractivity contribution in [3.8, 4) is 0 Å². The largest absolute Gasteiger partial charge is 0.467 e. The Balaban J connectivity index is 4.77. The number of carbonyl (C=O) groups excluding carboxylic acids is 2. The molecule has 2 atom stereocenters. The number of ether oxygens (including phenoxy) is 1. The SMILES string of the molecule is CCC(C)(CN)C(=O)NC(CC(C)C)C(=O)OC. The highest BCUT2D eigenvalue weighted by Crippen LogP contribution is 2.20. The van der Waals surface area contributed by atoms with Gasteiger partial charge >= 0.3 is 5.97 Å². The van der Waals surface area contributed by atoms with Gasteiger partial charge in [0.15, 0.2) is 0 Å². The standard InChI is InChI=1S/C13H26N2O3/c1-6-13(4,8-14)12(17)15-10(7-9(2)3)11(16)18-5/h9-10H,6-8,14H2,1-5H3,(H,15,17). The number of amides is 1. The summed E-state index contributed by atoms with van der Waals surface area (Å²) in [4.78, 5) is 23.8. The molecular weight excluding hydrogens is 232 g/mol. The second-order valence-corrected chi connectivity index (χ2v) is 5.30. The fraction of sp³-hybridized carbons (Fsp3) is 0.846. The van der Waals surface area contributed by atoms with Gasteiger partial charge in [0.05, 0.1) is 12.5 Å².